The van der Waals surface area contributed by atoms with Gasteiger partial charge in [0.15, 0.2) is 29.9 Å². The molecule has 2 saturated heterocycles. The smallest absolute Gasteiger partial charge is 0.351 e. The number of nitrogen functional groups attached to an aromatic ring is 1. The Hall–Kier alpha value is -4.63. The van der Waals surface area contributed by atoms with Crippen molar-refractivity contribution < 1.29 is 64.3 Å². The lowest BCUT2D eigenvalue weighted by Gasteiger charge is -2.42. The summed E-state index contributed by atoms with van der Waals surface area (Å²) in [4.78, 5) is 54.0. The van der Waals surface area contributed by atoms with Crippen molar-refractivity contribution in [3.8, 4) is 11.5 Å². The molecule has 10 atom stereocenters. The first-order valence-electron chi connectivity index (χ1n) is 16.7. The molecule has 18 heteroatoms. The number of rotatable bonds is 5. The van der Waals surface area contributed by atoms with E-state index in [9.17, 15) is 49.8 Å². The van der Waals surface area contributed by atoms with Crippen molar-refractivity contribution >= 4 is 23.2 Å². The highest BCUT2D eigenvalue weighted by Gasteiger charge is 2.49. The number of phenols is 2. The van der Waals surface area contributed by atoms with Gasteiger partial charge < -0.3 is 61.4 Å². The van der Waals surface area contributed by atoms with Crippen LogP contribution in [-0.4, -0.2) is 118 Å². The van der Waals surface area contributed by atoms with E-state index in [0.717, 1.165) is 4.57 Å². The van der Waals surface area contributed by atoms with Crippen LogP contribution in [0.2, 0.25) is 0 Å². The zero-order chi connectivity index (χ0) is 38.7. The molecule has 2 aliphatic heterocycles. The standard InChI is InChI=1S/C26H27NO9.C9H13N3O5/c1-10-21(29)15(27)7-17(35-10)36-16-9-26(34,11(2)28)8-14-18(16)25(33)20-19(24(14)32)22(30)12-5-3-4-6-13(12)23(20)31;10-5-1-2-12(9(16)11-5)8-7(15)6(14)4(3-13)17-8/h3-6,10,15-17,21,29,32-34H,7-9,27H2,1-2H3;1-2,4,6-8,13-15H,3H2,(H2,10,11,16)/t10-,15-,16-,17-,21+,26-;4-,6-,7+,8-/m01/s1. The van der Waals surface area contributed by atoms with Crippen LogP contribution in [0.25, 0.3) is 0 Å². The fourth-order valence-corrected chi connectivity index (χ4v) is 7.15. The molecule has 0 amide bonds. The minimum Gasteiger partial charge on any atom is -0.507 e. The normalized spacial score (nSPS) is 31.9. The number of nitrogens with zero attached hydrogens (tertiary/aromatic N) is 2. The Kier molecular flexibility index (Phi) is 10.3. The summed E-state index contributed by atoms with van der Waals surface area (Å²) in [6.07, 6.45) is -7.64. The van der Waals surface area contributed by atoms with Crippen LogP contribution in [-0.2, 0) is 25.4 Å². The summed E-state index contributed by atoms with van der Waals surface area (Å²) in [6.45, 7) is 2.35. The Balaban J connectivity index is 0.000000236. The number of aromatic hydroxyl groups is 2. The van der Waals surface area contributed by atoms with Gasteiger partial charge in [0.1, 0.15) is 41.2 Å². The molecular weight excluding hydrogens is 700 g/mol. The number of aliphatic hydroxyl groups is 5. The number of nitrogens with two attached hydrogens (primary N) is 2. The largest absolute Gasteiger partial charge is 0.507 e. The lowest BCUT2D eigenvalue weighted by molar-refractivity contribution is -0.247. The van der Waals surface area contributed by atoms with E-state index >= 15 is 0 Å². The second kappa shape index (κ2) is 14.3. The van der Waals surface area contributed by atoms with E-state index in [-0.39, 0.29) is 52.0 Å². The zero-order valence-corrected chi connectivity index (χ0v) is 28.5. The molecule has 0 bridgehead atoms. The van der Waals surface area contributed by atoms with Crippen molar-refractivity contribution in [1.29, 1.82) is 0 Å². The molecular formula is C35H40N4O14. The van der Waals surface area contributed by atoms with Crippen molar-refractivity contribution in [2.45, 2.75) is 93.9 Å². The summed E-state index contributed by atoms with van der Waals surface area (Å²) >= 11 is 0. The second-order valence-electron chi connectivity index (χ2n) is 13.6. The molecule has 0 spiro atoms. The lowest BCUT2D eigenvalue weighted by Crippen LogP contribution is -2.52. The summed E-state index contributed by atoms with van der Waals surface area (Å²) in [5, 5.41) is 72.0. The monoisotopic (exact) mass is 740 g/mol. The van der Waals surface area contributed by atoms with Gasteiger partial charge in [0.05, 0.1) is 36.0 Å². The number of hydrogen-bond donors (Lipinski definition) is 9. The third-order valence-electron chi connectivity index (χ3n) is 10.1. The number of fused-ring (bicyclic) bond motifs is 3. The third kappa shape index (κ3) is 6.62. The molecule has 3 heterocycles. The Morgan fingerprint density at radius 3 is 2.17 bits per heavy atom. The van der Waals surface area contributed by atoms with Crippen LogP contribution in [0.1, 0.15) is 82.0 Å². The van der Waals surface area contributed by atoms with Gasteiger partial charge in [0.25, 0.3) is 0 Å². The van der Waals surface area contributed by atoms with Gasteiger partial charge in [0.2, 0.25) is 0 Å². The van der Waals surface area contributed by atoms with Crippen LogP contribution < -0.4 is 17.2 Å². The Bertz CT molecular complexity index is 2010. The van der Waals surface area contributed by atoms with E-state index < -0.39 is 108 Å². The number of ketones is 3. The molecule has 11 N–H and O–H groups in total. The number of anilines is 1. The summed E-state index contributed by atoms with van der Waals surface area (Å²) in [5.74, 6) is -3.00. The molecule has 0 saturated carbocycles. The number of carbonyl (C=O) groups is 3. The maximum Gasteiger partial charge on any atom is 0.351 e. The van der Waals surface area contributed by atoms with Crippen LogP contribution in [0, 0.1) is 0 Å². The second-order valence-corrected chi connectivity index (χ2v) is 13.6. The molecule has 4 aliphatic rings. The van der Waals surface area contributed by atoms with Crippen molar-refractivity contribution in [2.24, 2.45) is 5.73 Å². The van der Waals surface area contributed by atoms with Gasteiger partial charge in [0, 0.05) is 53.8 Å². The molecule has 0 radical (unpaired) electrons. The van der Waals surface area contributed by atoms with Crippen molar-refractivity contribution in [1.82, 2.24) is 9.55 Å². The Morgan fingerprint density at radius 2 is 1.62 bits per heavy atom. The maximum atomic E-state index is 13.3. The lowest BCUT2D eigenvalue weighted by atomic mass is 9.72. The number of hydrogen-bond acceptors (Lipinski definition) is 17. The maximum absolute atomic E-state index is 13.3. The van der Waals surface area contributed by atoms with E-state index in [2.05, 4.69) is 4.98 Å². The molecule has 0 unspecified atom stereocenters. The molecule has 2 fully saturated rings. The zero-order valence-electron chi connectivity index (χ0n) is 28.5. The van der Waals surface area contributed by atoms with Gasteiger partial charge in [-0.05, 0) is 19.9 Å². The van der Waals surface area contributed by atoms with Gasteiger partial charge in [-0.1, -0.05) is 24.3 Å². The van der Waals surface area contributed by atoms with E-state index in [0.29, 0.717) is 0 Å². The Morgan fingerprint density at radius 1 is 1.00 bits per heavy atom. The van der Waals surface area contributed by atoms with Crippen LogP contribution >= 0.6 is 0 Å². The van der Waals surface area contributed by atoms with Gasteiger partial charge in [-0.15, -0.1) is 0 Å². The number of ether oxygens (including phenoxy) is 3. The highest BCUT2D eigenvalue weighted by atomic mass is 16.7. The number of Topliss-reactive ketones (excluding diaryl/α,β-unsaturated/α-hetero) is 1. The first-order chi connectivity index (χ1) is 25.0. The summed E-state index contributed by atoms with van der Waals surface area (Å²) in [6, 6.07) is 6.77. The predicted octanol–water partition coefficient (Wildman–Crippen LogP) is -1.54. The van der Waals surface area contributed by atoms with Crippen LogP contribution in [0.3, 0.4) is 0 Å². The number of phenolic OH excluding ortho intramolecular Hbond substituents is 2. The Labute approximate surface area is 300 Å². The molecule has 2 aromatic carbocycles. The molecule has 53 heavy (non-hydrogen) atoms. The first kappa shape index (κ1) is 38.1. The molecule has 284 valence electrons. The highest BCUT2D eigenvalue weighted by Crippen LogP contribution is 2.52. The average Bonchev–Trinajstić information content (AvgIpc) is 3.39. The fourth-order valence-electron chi connectivity index (χ4n) is 7.15. The number of carbonyl (C=O) groups excluding carboxylic acids is 3. The van der Waals surface area contributed by atoms with Crippen LogP contribution in [0.4, 0.5) is 5.82 Å². The number of aliphatic hydroxyl groups excluding tert-OH is 4. The van der Waals surface area contributed by atoms with Crippen molar-refractivity contribution in [2.75, 3.05) is 12.3 Å². The number of benzene rings is 2. The van der Waals surface area contributed by atoms with Gasteiger partial charge in [-0.2, -0.15) is 4.98 Å². The molecule has 7 rings (SSSR count). The molecule has 18 nitrogen and oxygen atoms in total. The molecule has 1 aromatic heterocycles. The van der Waals surface area contributed by atoms with Gasteiger partial charge >= 0.3 is 5.69 Å². The number of aromatic nitrogens is 2. The third-order valence-corrected chi connectivity index (χ3v) is 10.1. The fraction of sp³-hybridized carbons (Fsp3) is 0.457. The predicted molar refractivity (Wildman–Crippen MR) is 180 cm³/mol. The summed E-state index contributed by atoms with van der Waals surface area (Å²) in [5.41, 5.74) is 8.01. The quantitative estimate of drug-likeness (QED) is 0.105. The molecule has 3 aromatic rings. The van der Waals surface area contributed by atoms with E-state index in [1.165, 1.54) is 31.3 Å². The molecule has 2 aliphatic carbocycles. The minimum atomic E-state index is -1.97. The van der Waals surface area contributed by atoms with Crippen molar-refractivity contribution in [3.05, 3.63) is 80.4 Å². The van der Waals surface area contributed by atoms with Crippen LogP contribution in [0.5, 0.6) is 11.5 Å². The van der Waals surface area contributed by atoms with Gasteiger partial charge in [-0.25, -0.2) is 4.79 Å². The topological polar surface area (TPSA) is 307 Å². The highest BCUT2D eigenvalue weighted by molar-refractivity contribution is 6.30. The first-order valence-corrected chi connectivity index (χ1v) is 16.7. The van der Waals surface area contributed by atoms with E-state index in [4.69, 9.17) is 30.8 Å². The van der Waals surface area contributed by atoms with Crippen molar-refractivity contribution in [3.63, 3.8) is 0 Å². The van der Waals surface area contributed by atoms with E-state index in [1.807, 2.05) is 0 Å². The average molecular weight is 741 g/mol. The van der Waals surface area contributed by atoms with Gasteiger partial charge in [-0.3, -0.25) is 19.0 Å². The van der Waals surface area contributed by atoms with Crippen LogP contribution in [0.15, 0.2) is 41.3 Å². The van der Waals surface area contributed by atoms with E-state index in [1.54, 1.807) is 19.1 Å². The minimum absolute atomic E-state index is 0.00588. The SMILES string of the molecule is CC(=O)[C@]1(O)Cc2c(O)c3c(c(O)c2[C@@H](O[C@H]2C[C@H](N)[C@H](O)[C@H](C)O2)C1)C(=O)c1ccccc1C3=O.Nc1ccn([C@@H]2O[C@H](CO)[C@@H](O)[C@@H]2O)c(=O)n1. The summed E-state index contributed by atoms with van der Waals surface area (Å²) < 4.78 is 17.9. The summed E-state index contributed by atoms with van der Waals surface area (Å²) in [7, 11) is 0.